The van der Waals surface area contributed by atoms with Crippen molar-refractivity contribution in [3.8, 4) is 11.8 Å². The number of esters is 1. The summed E-state index contributed by atoms with van der Waals surface area (Å²) in [5.41, 5.74) is 8.16. The molecule has 1 aromatic rings. The molecule has 6 fully saturated rings. The number of carbonyl (C=O) groups is 1. The van der Waals surface area contributed by atoms with E-state index in [2.05, 4.69) is 81.8 Å². The molecule has 0 radical (unpaired) electrons. The monoisotopic (exact) mass is 834 g/mol. The third-order valence-electron chi connectivity index (χ3n) is 20.2. The van der Waals surface area contributed by atoms with Crippen LogP contribution < -0.4 is 4.90 Å². The molecule has 0 amide bonds. The first-order chi connectivity index (χ1) is 29.3. The fourth-order valence-corrected chi connectivity index (χ4v) is 16.8. The number of methoxy groups -OCH3 is 1. The Morgan fingerprint density at radius 1 is 0.951 bits per heavy atom. The van der Waals surface area contributed by atoms with Crippen molar-refractivity contribution in [3.05, 3.63) is 52.6 Å². The summed E-state index contributed by atoms with van der Waals surface area (Å²) < 4.78 is 11.7. The number of hydrogen-bond acceptors (Lipinski definition) is 6. The van der Waals surface area contributed by atoms with Crippen molar-refractivity contribution < 1.29 is 24.5 Å². The second-order valence-electron chi connectivity index (χ2n) is 22.6. The Balaban J connectivity index is 0.825. The van der Waals surface area contributed by atoms with Crippen molar-refractivity contribution >= 4 is 11.7 Å². The van der Waals surface area contributed by atoms with Crippen molar-refractivity contribution in [3.63, 3.8) is 0 Å². The highest BCUT2D eigenvalue weighted by Crippen LogP contribution is 2.69. The van der Waals surface area contributed by atoms with Crippen LogP contribution in [-0.4, -0.2) is 61.8 Å². The topological polar surface area (TPSA) is 79.2 Å². The van der Waals surface area contributed by atoms with Gasteiger partial charge in [-0.25, -0.2) is 0 Å². The predicted molar refractivity (Wildman–Crippen MR) is 245 cm³/mol. The molecule has 1 aromatic carbocycles. The maximum atomic E-state index is 12.1. The molecule has 2 unspecified atom stereocenters. The van der Waals surface area contributed by atoms with E-state index in [0.29, 0.717) is 60.4 Å². The van der Waals surface area contributed by atoms with Crippen molar-refractivity contribution in [2.45, 2.75) is 168 Å². The van der Waals surface area contributed by atoms with Crippen molar-refractivity contribution in [2.24, 2.45) is 69.5 Å². The van der Waals surface area contributed by atoms with Gasteiger partial charge >= 0.3 is 5.97 Å². The highest BCUT2D eigenvalue weighted by Gasteiger charge is 2.66. The zero-order chi connectivity index (χ0) is 42.8. The minimum Gasteiger partial charge on any atom is -0.469 e. The number of aliphatic hydroxyl groups excluding tert-OH is 2. The van der Waals surface area contributed by atoms with Crippen LogP contribution in [0.3, 0.4) is 0 Å². The lowest BCUT2D eigenvalue weighted by atomic mass is 9.43. The normalized spacial score (nSPS) is 42.9. The quantitative estimate of drug-likeness (QED) is 0.181. The number of nitrogens with zero attached hydrogens (tertiary/aromatic N) is 1. The van der Waals surface area contributed by atoms with Gasteiger partial charge in [0.25, 0.3) is 0 Å². The molecule has 8 aliphatic rings. The maximum Gasteiger partial charge on any atom is 0.305 e. The van der Waals surface area contributed by atoms with Crippen molar-refractivity contribution in [1.29, 1.82) is 0 Å². The van der Waals surface area contributed by atoms with Crippen LogP contribution in [0.1, 0.15) is 155 Å². The largest absolute Gasteiger partial charge is 0.469 e. The molecule has 0 saturated heterocycles. The predicted octanol–water partition coefficient (Wildman–Crippen LogP) is 11.1. The standard InChI is InChI=1S/C55H79NO5/c1-8-11-37-18-22-45-42-21-17-35-12-9-10-13-41(35)51(42)43(33-54(37,45)4)36-15-19-39(20-16-36)56(6)28-29-61-40-26-27-53(3)38(30-40)31-48(57)52-46-24-23-44(34(2)14-25-50(59)60-7)55(46,5)49(58)32-47(52)53/h12,15-16,19-20,34,37-38,40,42-49,52,57-58H,9-10,13-14,17-18,21-33H2,1-7H3/t34-,37+,38+,40+,42?,43+,44-,45?,46+,47+,48-,49+,52+,53+,54-,55-/m1/s1. The lowest BCUT2D eigenvalue weighted by Crippen LogP contribution is -2.62. The molecule has 0 bridgehead atoms. The molecule has 0 spiro atoms. The summed E-state index contributed by atoms with van der Waals surface area (Å²) in [6.45, 7) is 13.2. The van der Waals surface area contributed by atoms with Crippen LogP contribution in [0.2, 0.25) is 0 Å². The summed E-state index contributed by atoms with van der Waals surface area (Å²) in [5.74, 6) is 11.3. The zero-order valence-corrected chi connectivity index (χ0v) is 38.9. The average molecular weight is 834 g/mol. The minimum atomic E-state index is -0.379. The van der Waals surface area contributed by atoms with E-state index in [1.165, 1.54) is 69.7 Å². The number of carbonyl (C=O) groups excluding carboxylic acids is 1. The van der Waals surface area contributed by atoms with Gasteiger partial charge in [-0.05, 0) is 202 Å². The molecule has 9 rings (SSSR count). The molecule has 6 nitrogen and oxygen atoms in total. The molecule has 334 valence electrons. The Morgan fingerprint density at radius 3 is 2.51 bits per heavy atom. The van der Waals surface area contributed by atoms with Crippen molar-refractivity contribution in [1.82, 2.24) is 0 Å². The highest BCUT2D eigenvalue weighted by atomic mass is 16.5. The van der Waals surface area contributed by atoms with Gasteiger partial charge in [0.05, 0.1) is 32.0 Å². The summed E-state index contributed by atoms with van der Waals surface area (Å²) >= 11 is 0. The Labute approximate surface area is 369 Å². The summed E-state index contributed by atoms with van der Waals surface area (Å²) in [4.78, 5) is 14.3. The van der Waals surface area contributed by atoms with Gasteiger partial charge in [0.1, 0.15) is 0 Å². The van der Waals surface area contributed by atoms with Crippen LogP contribution in [-0.2, 0) is 14.3 Å². The number of ether oxygens (including phenoxy) is 2. The van der Waals surface area contributed by atoms with E-state index in [9.17, 15) is 15.0 Å². The second-order valence-corrected chi connectivity index (χ2v) is 22.6. The van der Waals surface area contributed by atoms with Gasteiger partial charge in [-0.1, -0.05) is 57.4 Å². The molecule has 0 aromatic heterocycles. The first kappa shape index (κ1) is 43.7. The number of anilines is 1. The van der Waals surface area contributed by atoms with Crippen LogP contribution >= 0.6 is 0 Å². The molecule has 2 N–H and O–H groups in total. The Kier molecular flexibility index (Phi) is 12.2. The summed E-state index contributed by atoms with van der Waals surface area (Å²) in [6, 6.07) is 9.64. The molecular weight excluding hydrogens is 755 g/mol. The molecule has 8 aliphatic carbocycles. The number of allylic oxidation sites excluding steroid dienone is 4. The van der Waals surface area contributed by atoms with E-state index >= 15 is 0 Å². The lowest BCUT2D eigenvalue weighted by molar-refractivity contribution is -0.209. The Hall–Kier alpha value is -2.59. The first-order valence-electron chi connectivity index (χ1n) is 25.0. The summed E-state index contributed by atoms with van der Waals surface area (Å²) in [7, 11) is 3.67. The fraction of sp³-hybridized carbons (Fsp3) is 0.764. The Bertz CT molecular complexity index is 1910. The molecule has 6 heteroatoms. The molecular formula is C55H79NO5. The highest BCUT2D eigenvalue weighted by molar-refractivity contribution is 5.69. The summed E-state index contributed by atoms with van der Waals surface area (Å²) in [5, 5.41) is 24.1. The molecule has 16 atom stereocenters. The molecule has 61 heavy (non-hydrogen) atoms. The van der Waals surface area contributed by atoms with E-state index in [1.807, 2.05) is 12.5 Å². The van der Waals surface area contributed by atoms with E-state index < -0.39 is 0 Å². The number of rotatable bonds is 10. The number of likely N-dealkylation sites (N-methyl/N-ethyl adjacent to an activating group) is 1. The SMILES string of the molecule is CC#C[C@H]1CCC2C3CCC4=CCCCC4=C3[C@H](c3ccc(N(C)CCO[C@H]4CC[C@@]5(C)[C@@H](C4)C[C@@H](O)[C@@H]4[C@@H]5C[C@H](O)[C@]5(C)[C@@H]([C@H](C)CCC(=O)OC)CC[C@@H]45)cc3)C[C@@]21C. The van der Waals surface area contributed by atoms with Gasteiger partial charge in [-0.15, -0.1) is 5.92 Å². The fourth-order valence-electron chi connectivity index (χ4n) is 16.8. The van der Waals surface area contributed by atoms with Crippen LogP contribution in [0.15, 0.2) is 47.1 Å². The van der Waals surface area contributed by atoms with Crippen LogP contribution in [0.25, 0.3) is 0 Å². The van der Waals surface area contributed by atoms with E-state index in [0.717, 1.165) is 63.8 Å². The third kappa shape index (κ3) is 7.39. The smallest absolute Gasteiger partial charge is 0.305 e. The summed E-state index contributed by atoms with van der Waals surface area (Å²) in [6.07, 6.45) is 20.5. The van der Waals surface area contributed by atoms with Gasteiger partial charge in [-0.2, -0.15) is 0 Å². The number of fused-ring (bicyclic) bond motifs is 9. The maximum absolute atomic E-state index is 12.1. The van der Waals surface area contributed by atoms with Gasteiger partial charge in [0, 0.05) is 37.5 Å². The second kappa shape index (κ2) is 17.1. The number of aliphatic hydroxyl groups is 2. The minimum absolute atomic E-state index is 0.112. The average Bonchev–Trinajstić information content (AvgIpc) is 3.80. The molecule has 0 heterocycles. The van der Waals surface area contributed by atoms with E-state index in [-0.39, 0.29) is 46.4 Å². The van der Waals surface area contributed by atoms with Gasteiger partial charge < -0.3 is 24.6 Å². The van der Waals surface area contributed by atoms with E-state index in [1.54, 1.807) is 11.1 Å². The zero-order valence-electron chi connectivity index (χ0n) is 38.9. The lowest BCUT2D eigenvalue weighted by Gasteiger charge is -2.63. The Morgan fingerprint density at radius 2 is 1.74 bits per heavy atom. The molecule has 0 aliphatic heterocycles. The van der Waals surface area contributed by atoms with Gasteiger partial charge in [0.2, 0.25) is 0 Å². The van der Waals surface area contributed by atoms with Gasteiger partial charge in [0.15, 0.2) is 0 Å². The van der Waals surface area contributed by atoms with Crippen LogP contribution in [0, 0.1) is 81.3 Å². The van der Waals surface area contributed by atoms with Gasteiger partial charge in [-0.3, -0.25) is 4.79 Å². The number of benzene rings is 1. The molecule has 6 saturated carbocycles. The van der Waals surface area contributed by atoms with E-state index in [4.69, 9.17) is 9.47 Å². The van der Waals surface area contributed by atoms with Crippen LogP contribution in [0.4, 0.5) is 5.69 Å². The van der Waals surface area contributed by atoms with Crippen molar-refractivity contribution in [2.75, 3.05) is 32.2 Å². The first-order valence-corrected chi connectivity index (χ1v) is 25.0. The number of hydrogen-bond donors (Lipinski definition) is 2. The third-order valence-corrected chi connectivity index (χ3v) is 20.2. The van der Waals surface area contributed by atoms with Crippen LogP contribution in [0.5, 0.6) is 0 Å².